The maximum atomic E-state index is 12.4. The van der Waals surface area contributed by atoms with Gasteiger partial charge in [0.25, 0.3) is 5.91 Å². The maximum absolute atomic E-state index is 12.4. The maximum Gasteiger partial charge on any atom is 0.317 e. The number of ether oxygens (including phenoxy) is 1. The van der Waals surface area contributed by atoms with Gasteiger partial charge in [-0.2, -0.15) is 0 Å². The van der Waals surface area contributed by atoms with Crippen LogP contribution < -0.4 is 5.32 Å². The molecule has 2 aromatic rings. The Labute approximate surface area is 165 Å². The van der Waals surface area contributed by atoms with Crippen LogP contribution in [0.5, 0.6) is 0 Å². The quantitative estimate of drug-likeness (QED) is 0.803. The number of hydrogen-bond acceptors (Lipinski definition) is 3. The molecule has 3 heterocycles. The molecule has 1 atom stereocenters. The van der Waals surface area contributed by atoms with Crippen molar-refractivity contribution in [3.8, 4) is 0 Å². The van der Waals surface area contributed by atoms with E-state index in [2.05, 4.69) is 34.3 Å². The van der Waals surface area contributed by atoms with Crippen LogP contribution in [0.25, 0.3) is 10.9 Å². The monoisotopic (exact) mass is 384 g/mol. The molecule has 1 aromatic carbocycles. The van der Waals surface area contributed by atoms with Crippen molar-refractivity contribution in [1.29, 1.82) is 0 Å². The van der Waals surface area contributed by atoms with Crippen molar-refractivity contribution in [3.05, 3.63) is 36.5 Å². The van der Waals surface area contributed by atoms with Crippen LogP contribution >= 0.6 is 0 Å². The van der Waals surface area contributed by atoms with Gasteiger partial charge in [0, 0.05) is 57.6 Å². The largest absolute Gasteiger partial charge is 0.368 e. The number of carbonyl (C=O) groups excluding carboxylic acids is 2. The highest BCUT2D eigenvalue weighted by Crippen LogP contribution is 2.16. The molecule has 1 aromatic heterocycles. The summed E-state index contributed by atoms with van der Waals surface area (Å²) < 4.78 is 7.70. The van der Waals surface area contributed by atoms with Crippen LogP contribution in [0.2, 0.25) is 0 Å². The van der Waals surface area contributed by atoms with Gasteiger partial charge in [-0.25, -0.2) is 4.79 Å². The first-order valence-electron chi connectivity index (χ1n) is 10.2. The van der Waals surface area contributed by atoms with E-state index >= 15 is 0 Å². The number of para-hydroxylation sites is 1. The van der Waals surface area contributed by atoms with Gasteiger partial charge < -0.3 is 24.4 Å². The number of aryl methyl sites for hydroxylation is 1. The third-order valence-corrected chi connectivity index (χ3v) is 5.62. The van der Waals surface area contributed by atoms with Crippen LogP contribution in [-0.4, -0.2) is 71.7 Å². The van der Waals surface area contributed by atoms with Crippen molar-refractivity contribution in [1.82, 2.24) is 19.7 Å². The molecule has 0 radical (unpaired) electrons. The third-order valence-electron chi connectivity index (χ3n) is 5.62. The number of benzene rings is 1. The van der Waals surface area contributed by atoms with Crippen molar-refractivity contribution in [3.63, 3.8) is 0 Å². The second-order valence-corrected chi connectivity index (χ2v) is 7.47. The van der Waals surface area contributed by atoms with E-state index in [1.807, 2.05) is 17.0 Å². The van der Waals surface area contributed by atoms with Crippen molar-refractivity contribution in [2.75, 3.05) is 39.3 Å². The molecule has 2 fully saturated rings. The van der Waals surface area contributed by atoms with Gasteiger partial charge in [-0.1, -0.05) is 18.2 Å². The Kier molecular flexibility index (Phi) is 5.81. The minimum absolute atomic E-state index is 0.0402. The first-order valence-corrected chi connectivity index (χ1v) is 10.2. The lowest BCUT2D eigenvalue weighted by atomic mass is 10.2. The highest BCUT2D eigenvalue weighted by atomic mass is 16.5. The number of fused-ring (bicyclic) bond motifs is 1. The standard InChI is InChI=1S/C21H28N4O3/c26-20(19-7-3-16-28-19)24-12-14-25(15-13-24)21(27)22-9-4-10-23-11-8-17-5-1-2-6-18(17)23/h1-2,5-6,8,11,19H,3-4,7,9-10,12-16H2,(H,22,27). The topological polar surface area (TPSA) is 66.8 Å². The molecule has 4 rings (SSSR count). The number of nitrogens with one attached hydrogen (secondary N) is 1. The zero-order chi connectivity index (χ0) is 19.3. The van der Waals surface area contributed by atoms with Crippen molar-refractivity contribution >= 4 is 22.8 Å². The lowest BCUT2D eigenvalue weighted by Crippen LogP contribution is -2.54. The molecule has 3 amide bonds. The molecule has 2 aliphatic heterocycles. The predicted octanol–water partition coefficient (Wildman–Crippen LogP) is 2.06. The Bertz CT molecular complexity index is 820. The molecule has 7 heteroatoms. The van der Waals surface area contributed by atoms with Crippen molar-refractivity contribution in [2.24, 2.45) is 0 Å². The van der Waals surface area contributed by atoms with Crippen LogP contribution in [-0.2, 0) is 16.1 Å². The smallest absolute Gasteiger partial charge is 0.317 e. The Hall–Kier alpha value is -2.54. The fourth-order valence-electron chi connectivity index (χ4n) is 4.00. The van der Waals surface area contributed by atoms with Crippen LogP contribution in [0.15, 0.2) is 36.5 Å². The van der Waals surface area contributed by atoms with Gasteiger partial charge >= 0.3 is 6.03 Å². The summed E-state index contributed by atoms with van der Waals surface area (Å²) in [5.41, 5.74) is 1.22. The number of aromatic nitrogens is 1. The Morgan fingerprint density at radius 3 is 2.64 bits per heavy atom. The summed E-state index contributed by atoms with van der Waals surface area (Å²) in [6.07, 6.45) is 4.47. The van der Waals surface area contributed by atoms with Gasteiger partial charge in [-0.05, 0) is 36.8 Å². The number of hydrogen-bond donors (Lipinski definition) is 1. The van der Waals surface area contributed by atoms with E-state index in [0.717, 1.165) is 25.8 Å². The normalized spacial score (nSPS) is 19.9. The third kappa shape index (κ3) is 4.14. The lowest BCUT2D eigenvalue weighted by molar-refractivity contribution is -0.142. The molecular formula is C21H28N4O3. The van der Waals surface area contributed by atoms with Gasteiger partial charge in [0.05, 0.1) is 0 Å². The van der Waals surface area contributed by atoms with Crippen LogP contribution in [0.4, 0.5) is 4.79 Å². The number of nitrogens with zero attached hydrogens (tertiary/aromatic N) is 3. The molecule has 2 saturated heterocycles. The van der Waals surface area contributed by atoms with Gasteiger partial charge in [0.15, 0.2) is 0 Å². The van der Waals surface area contributed by atoms with E-state index < -0.39 is 0 Å². The van der Waals surface area contributed by atoms with E-state index in [-0.39, 0.29) is 18.0 Å². The Morgan fingerprint density at radius 2 is 1.86 bits per heavy atom. The fourth-order valence-corrected chi connectivity index (χ4v) is 4.00. The Balaban J connectivity index is 1.17. The second-order valence-electron chi connectivity index (χ2n) is 7.47. The first-order chi connectivity index (χ1) is 13.7. The molecule has 2 aliphatic rings. The average Bonchev–Trinajstić information content (AvgIpc) is 3.41. The molecule has 0 bridgehead atoms. The molecule has 0 saturated carbocycles. The molecule has 150 valence electrons. The summed E-state index contributed by atoms with van der Waals surface area (Å²) in [6.45, 7) is 4.51. The average molecular weight is 384 g/mol. The zero-order valence-corrected chi connectivity index (χ0v) is 16.2. The van der Waals surface area contributed by atoms with Gasteiger partial charge in [0.2, 0.25) is 0 Å². The molecule has 0 spiro atoms. The number of piperazine rings is 1. The van der Waals surface area contributed by atoms with E-state index in [4.69, 9.17) is 4.74 Å². The van der Waals surface area contributed by atoms with Crippen molar-refractivity contribution in [2.45, 2.75) is 31.9 Å². The van der Waals surface area contributed by atoms with E-state index in [1.165, 1.54) is 10.9 Å². The van der Waals surface area contributed by atoms with E-state index in [1.54, 1.807) is 4.90 Å². The minimum atomic E-state index is -0.273. The van der Waals surface area contributed by atoms with Crippen LogP contribution in [0, 0.1) is 0 Å². The molecule has 0 aliphatic carbocycles. The zero-order valence-electron chi connectivity index (χ0n) is 16.2. The predicted molar refractivity (Wildman–Crippen MR) is 107 cm³/mol. The lowest BCUT2D eigenvalue weighted by Gasteiger charge is -2.35. The van der Waals surface area contributed by atoms with Crippen molar-refractivity contribution < 1.29 is 14.3 Å². The minimum Gasteiger partial charge on any atom is -0.368 e. The van der Waals surface area contributed by atoms with E-state index in [9.17, 15) is 9.59 Å². The molecule has 1 N–H and O–H groups in total. The van der Waals surface area contributed by atoms with Crippen LogP contribution in [0.3, 0.4) is 0 Å². The second kappa shape index (κ2) is 8.65. The van der Waals surface area contributed by atoms with Gasteiger partial charge in [0.1, 0.15) is 6.10 Å². The summed E-state index contributed by atoms with van der Waals surface area (Å²) >= 11 is 0. The summed E-state index contributed by atoms with van der Waals surface area (Å²) in [6, 6.07) is 10.4. The highest BCUT2D eigenvalue weighted by Gasteiger charge is 2.31. The fraction of sp³-hybridized carbons (Fsp3) is 0.524. The number of urea groups is 1. The summed E-state index contributed by atoms with van der Waals surface area (Å²) in [5.74, 6) is 0.0801. The molecular weight excluding hydrogens is 356 g/mol. The summed E-state index contributed by atoms with van der Waals surface area (Å²) in [7, 11) is 0. The SMILES string of the molecule is O=C(NCCCn1ccc2ccccc21)N1CCN(C(=O)C2CCCO2)CC1. The number of carbonyl (C=O) groups is 2. The number of rotatable bonds is 5. The molecule has 7 nitrogen and oxygen atoms in total. The first kappa shape index (κ1) is 18.8. The summed E-state index contributed by atoms with van der Waals surface area (Å²) in [4.78, 5) is 28.4. The molecule has 1 unspecified atom stereocenters. The highest BCUT2D eigenvalue weighted by molar-refractivity contribution is 5.82. The molecule has 28 heavy (non-hydrogen) atoms. The van der Waals surface area contributed by atoms with Crippen LogP contribution in [0.1, 0.15) is 19.3 Å². The van der Waals surface area contributed by atoms with Gasteiger partial charge in [-0.3, -0.25) is 4.79 Å². The van der Waals surface area contributed by atoms with Gasteiger partial charge in [-0.15, -0.1) is 0 Å². The Morgan fingerprint density at radius 1 is 1.07 bits per heavy atom. The van der Waals surface area contributed by atoms with E-state index in [0.29, 0.717) is 39.3 Å². The number of amides is 3. The summed E-state index contributed by atoms with van der Waals surface area (Å²) in [5, 5.41) is 4.25.